The van der Waals surface area contributed by atoms with Crippen LogP contribution in [0.2, 0.25) is 10.0 Å². The highest BCUT2D eigenvalue weighted by molar-refractivity contribution is 7.84. The Morgan fingerprint density at radius 1 is 0.632 bits per heavy atom. The van der Waals surface area contributed by atoms with Crippen molar-refractivity contribution in [2.45, 2.75) is 125 Å². The van der Waals surface area contributed by atoms with Crippen LogP contribution < -0.4 is 31.7 Å². The molecule has 6 amide bonds. The number of ether oxygens (including phenoxy) is 2. The molecule has 2 aliphatic heterocycles. The maximum atomic E-state index is 15.5. The lowest BCUT2D eigenvalue weighted by molar-refractivity contribution is -0.120. The van der Waals surface area contributed by atoms with Crippen molar-refractivity contribution in [3.05, 3.63) is 166 Å². The summed E-state index contributed by atoms with van der Waals surface area (Å²) < 4.78 is 57.9. The van der Waals surface area contributed by atoms with Crippen molar-refractivity contribution in [2.24, 2.45) is 17.6 Å². The number of pyridine rings is 4. The maximum absolute atomic E-state index is 15.5. The summed E-state index contributed by atoms with van der Waals surface area (Å²) >= 11 is 11.8. The molecule has 2 saturated carbocycles. The number of benzene rings is 2. The van der Waals surface area contributed by atoms with E-state index >= 15 is 8.78 Å². The number of hydrogen-bond donors (Lipinski definition) is 6. The van der Waals surface area contributed by atoms with Crippen LogP contribution in [0.3, 0.4) is 0 Å². The monoisotopic (exact) mass is 1270 g/mol. The van der Waals surface area contributed by atoms with Gasteiger partial charge in [-0.15, -0.1) is 12.4 Å². The summed E-state index contributed by atoms with van der Waals surface area (Å²) in [5.74, 6) is -0.597. The van der Waals surface area contributed by atoms with Crippen LogP contribution in [-0.2, 0) is 41.1 Å². The van der Waals surface area contributed by atoms with E-state index in [0.29, 0.717) is 57.2 Å². The predicted molar refractivity (Wildman–Crippen MR) is 335 cm³/mol. The number of likely N-dealkylation sites (tertiary alicyclic amines) is 2. The molecular weight excluding hydrogens is 1200 g/mol. The number of rotatable bonds is 20. The molecule has 0 spiro atoms. The molecule has 25 heteroatoms. The second-order valence-corrected chi connectivity index (χ2v) is 26.1. The number of anilines is 4. The number of methoxy groups -OCH3 is 2. The van der Waals surface area contributed by atoms with Gasteiger partial charge in [-0.2, -0.15) is 0 Å². The standard InChI is InChI=1S/C33H40ClFN6O4S.C29H32ClFN6O3.ClH/c1-32(2,3)46(44)40-33(15-14-21-8-9-21,28-7-5-6-16-36-28)22-10-12-25(35)26(17-22)38-30(42)27-18-24(45-4)20-41(27)31(43)39-29-13-11-23(34)19-37-29;1-40-21-15-24(37(17-21)28(39)36-26-10-8-20(30)16-34-26)27(38)35-23-14-19(7-9-22(23)31)29(32,12-11-18-5-6-18)25-4-2-3-13-33-25;/h5-7,10-13,16-17,19,21,24,27,40H,8-9,14-15,18,20H2,1-4H3,(H,38,42)(H,37,39,43);2-4,7-10,13-14,16,18,21,24H,5-6,11-12,15,17,32H2,1H3,(H,35,38)(H,34,36,39);1H/t24-,27-,33?,46+;21-,24-,29?;/m11./s1. The predicted octanol–water partition coefficient (Wildman–Crippen LogP) is 11.4. The normalized spacial score (nSPS) is 19.9. The fourth-order valence-electron chi connectivity index (χ4n) is 10.6. The van der Waals surface area contributed by atoms with Crippen molar-refractivity contribution in [3.8, 4) is 0 Å². The molecule has 10 rings (SSSR count). The fraction of sp³-hybridized carbons (Fsp3) is 0.419. The Labute approximate surface area is 524 Å². The number of carbonyl (C=O) groups is 4. The lowest BCUT2D eigenvalue weighted by Crippen LogP contribution is -2.49. The number of carbonyl (C=O) groups excluding carboxylic acids is 4. The average molecular weight is 1270 g/mol. The molecule has 2 saturated heterocycles. The van der Waals surface area contributed by atoms with Gasteiger partial charge in [-0.25, -0.2) is 37.3 Å². The van der Waals surface area contributed by atoms with Gasteiger partial charge in [0.1, 0.15) is 35.4 Å². The minimum Gasteiger partial charge on any atom is -0.380 e. The number of hydrogen-bond acceptors (Lipinski definition) is 12. The van der Waals surface area contributed by atoms with E-state index in [-0.39, 0.29) is 67.5 Å². The molecule has 0 radical (unpaired) electrons. The molecule has 4 fully saturated rings. The molecule has 6 heterocycles. The van der Waals surface area contributed by atoms with Gasteiger partial charge in [-0.3, -0.25) is 30.2 Å². The van der Waals surface area contributed by atoms with Crippen LogP contribution in [0, 0.1) is 23.5 Å². The van der Waals surface area contributed by atoms with E-state index in [4.69, 9.17) is 38.4 Å². The fourth-order valence-corrected chi connectivity index (χ4v) is 11.8. The van der Waals surface area contributed by atoms with Gasteiger partial charge in [0.15, 0.2) is 0 Å². The quantitative estimate of drug-likeness (QED) is 0.0418. The Balaban J connectivity index is 0.000000225. The molecular formula is C62H73Cl3F2N12O7S. The Hall–Kier alpha value is -6.76. The second kappa shape index (κ2) is 29.0. The van der Waals surface area contributed by atoms with Crippen molar-refractivity contribution < 1.29 is 41.6 Å². The zero-order valence-corrected chi connectivity index (χ0v) is 52.1. The average Bonchev–Trinajstić information content (AvgIpc) is 1.34. The van der Waals surface area contributed by atoms with Crippen LogP contribution in [0.5, 0.6) is 0 Å². The molecule has 19 nitrogen and oxygen atoms in total. The summed E-state index contributed by atoms with van der Waals surface area (Å²) in [6, 6.07) is 23.5. The molecule has 0 bridgehead atoms. The van der Waals surface area contributed by atoms with Gasteiger partial charge >= 0.3 is 12.1 Å². The Morgan fingerprint density at radius 2 is 1.09 bits per heavy atom. The summed E-state index contributed by atoms with van der Waals surface area (Å²) in [6.07, 6.45) is 13.5. The van der Waals surface area contributed by atoms with Crippen LogP contribution >= 0.6 is 35.6 Å². The Kier molecular flexibility index (Phi) is 22.1. The van der Waals surface area contributed by atoms with Crippen LogP contribution in [0.15, 0.2) is 122 Å². The van der Waals surface area contributed by atoms with Gasteiger partial charge in [-0.1, -0.05) is 73.2 Å². The third kappa shape index (κ3) is 16.7. The first-order valence-electron chi connectivity index (χ1n) is 28.6. The molecule has 2 aromatic carbocycles. The van der Waals surface area contributed by atoms with Gasteiger partial charge in [0.25, 0.3) is 0 Å². The largest absolute Gasteiger partial charge is 0.380 e. The molecule has 464 valence electrons. The summed E-state index contributed by atoms with van der Waals surface area (Å²) in [4.78, 5) is 73.6. The number of amides is 6. The van der Waals surface area contributed by atoms with Crippen LogP contribution in [0.4, 0.5) is 41.4 Å². The van der Waals surface area contributed by atoms with E-state index in [9.17, 15) is 23.4 Å². The Morgan fingerprint density at radius 3 is 1.52 bits per heavy atom. The van der Waals surface area contributed by atoms with Gasteiger partial charge < -0.3 is 35.6 Å². The number of halogens is 5. The topological polar surface area (TPSA) is 248 Å². The number of nitrogens with zero attached hydrogens (tertiary/aromatic N) is 6. The number of urea groups is 2. The lowest BCUT2D eigenvalue weighted by Gasteiger charge is -2.37. The third-order valence-electron chi connectivity index (χ3n) is 16.0. The molecule has 4 aromatic heterocycles. The SMILES string of the molecule is CO[C@@H]1C[C@H](C(=O)Nc2cc(C(CCC3CC3)(N[S@@](=O)C(C)(C)C)c3ccccn3)ccc2F)N(C(=O)Nc2ccc(Cl)cn2)C1.CO[C@@H]1C[C@H](C(=O)Nc2cc(C(N)(CCC3CC3)c3ccccn3)ccc2F)N(C(=O)Nc2ccc(Cl)cn2)C1.Cl. The lowest BCUT2D eigenvalue weighted by atomic mass is 9.82. The molecule has 87 heavy (non-hydrogen) atoms. The van der Waals surface area contributed by atoms with Crippen molar-refractivity contribution >= 4 is 93.5 Å². The molecule has 7 atom stereocenters. The van der Waals surface area contributed by atoms with Gasteiger partial charge in [0, 0.05) is 64.9 Å². The van der Waals surface area contributed by atoms with E-state index in [1.807, 2.05) is 57.2 Å². The van der Waals surface area contributed by atoms with Crippen molar-refractivity contribution in [3.63, 3.8) is 0 Å². The highest BCUT2D eigenvalue weighted by Gasteiger charge is 2.44. The summed E-state index contributed by atoms with van der Waals surface area (Å²) in [5, 5.41) is 11.6. The van der Waals surface area contributed by atoms with Gasteiger partial charge in [0.05, 0.1) is 71.8 Å². The van der Waals surface area contributed by atoms with Gasteiger partial charge in [-0.05, 0) is 142 Å². The van der Waals surface area contributed by atoms with Crippen LogP contribution in [0.1, 0.15) is 107 Å². The van der Waals surface area contributed by atoms with Crippen molar-refractivity contribution in [1.82, 2.24) is 34.5 Å². The van der Waals surface area contributed by atoms with E-state index in [1.54, 1.807) is 60.9 Å². The summed E-state index contributed by atoms with van der Waals surface area (Å²) in [7, 11) is 1.52. The highest BCUT2D eigenvalue weighted by atomic mass is 35.5. The smallest absolute Gasteiger partial charge is 0.323 e. The number of aromatic nitrogens is 4. The van der Waals surface area contributed by atoms with E-state index in [1.165, 1.54) is 61.4 Å². The summed E-state index contributed by atoms with van der Waals surface area (Å²) in [5.41, 5.74) is 7.52. The first-order chi connectivity index (χ1) is 41.2. The second-order valence-electron chi connectivity index (χ2n) is 23.2. The first kappa shape index (κ1) is 66.2. The minimum atomic E-state index is -1.51. The molecule has 7 N–H and O–H groups in total. The molecule has 2 unspecified atom stereocenters. The molecule has 6 aromatic rings. The van der Waals surface area contributed by atoms with E-state index in [0.717, 1.165) is 25.7 Å². The number of nitrogens with one attached hydrogen (secondary N) is 5. The van der Waals surface area contributed by atoms with Crippen LogP contribution in [-0.4, -0.2) is 114 Å². The summed E-state index contributed by atoms with van der Waals surface area (Å²) in [6.45, 7) is 6.00. The molecule has 2 aliphatic carbocycles. The highest BCUT2D eigenvalue weighted by Crippen LogP contribution is 2.43. The Bertz CT molecular complexity index is 3380. The zero-order chi connectivity index (χ0) is 61.3. The minimum absolute atomic E-state index is 0. The van der Waals surface area contributed by atoms with E-state index < -0.39 is 80.5 Å². The van der Waals surface area contributed by atoms with Crippen molar-refractivity contribution in [2.75, 3.05) is 48.6 Å². The van der Waals surface area contributed by atoms with Gasteiger partial charge in [0.2, 0.25) is 11.8 Å². The number of nitrogens with two attached hydrogens (primary N) is 1. The van der Waals surface area contributed by atoms with Crippen LogP contribution in [0.25, 0.3) is 0 Å². The zero-order valence-electron chi connectivity index (χ0n) is 48.9. The van der Waals surface area contributed by atoms with E-state index in [2.05, 4.69) is 45.9 Å². The van der Waals surface area contributed by atoms with Crippen molar-refractivity contribution in [1.29, 1.82) is 0 Å². The first-order valence-corrected chi connectivity index (χ1v) is 30.5. The maximum Gasteiger partial charge on any atom is 0.323 e. The third-order valence-corrected chi connectivity index (χ3v) is 18.1. The molecule has 4 aliphatic rings.